The summed E-state index contributed by atoms with van der Waals surface area (Å²) in [6.07, 6.45) is 16.8. The van der Waals surface area contributed by atoms with Gasteiger partial charge in [0, 0.05) is 76.2 Å². The number of aromatic nitrogens is 2. The van der Waals surface area contributed by atoms with E-state index in [0.29, 0.717) is 11.5 Å². The molecule has 0 radical (unpaired) electrons. The number of pyridine rings is 2. The van der Waals surface area contributed by atoms with E-state index in [-0.39, 0.29) is 25.7 Å². The van der Waals surface area contributed by atoms with Crippen molar-refractivity contribution in [2.45, 2.75) is 90.1 Å². The van der Waals surface area contributed by atoms with Crippen molar-refractivity contribution >= 4 is 69.1 Å². The molecule has 15 heteroatoms. The van der Waals surface area contributed by atoms with Gasteiger partial charge in [-0.05, 0) is 86.1 Å². The van der Waals surface area contributed by atoms with Crippen LogP contribution in [0.25, 0.3) is 34.0 Å². The maximum Gasteiger partial charge on any atom is 0.333 e. The molecule has 1 N–H and O–H groups in total. The molecule has 9 rings (SSSR count). The number of fused-ring (bicyclic) bond motifs is 4. The van der Waals surface area contributed by atoms with Crippen molar-refractivity contribution in [1.82, 2.24) is 5.06 Å². The summed E-state index contributed by atoms with van der Waals surface area (Å²) in [4.78, 5) is 55.0. The maximum absolute atomic E-state index is 12.0. The first-order chi connectivity index (χ1) is 37.1. The third kappa shape index (κ3) is 14.7. The Morgan fingerprint density at radius 1 is 0.558 bits per heavy atom. The van der Waals surface area contributed by atoms with Gasteiger partial charge in [-0.25, -0.2) is 4.79 Å². The van der Waals surface area contributed by atoms with Crippen molar-refractivity contribution in [1.29, 1.82) is 0 Å². The molecule has 404 valence electrons. The Balaban J connectivity index is 0.000000207. The Hall–Kier alpha value is -7.62. The lowest BCUT2D eigenvalue weighted by molar-refractivity contribution is -0.892. The molecule has 0 bridgehead atoms. The summed E-state index contributed by atoms with van der Waals surface area (Å²) in [6, 6.07) is 37.6. The molecule has 0 unspecified atom stereocenters. The third-order valence-electron chi connectivity index (χ3n) is 14.8. The fourth-order valence-electron chi connectivity index (χ4n) is 10.4. The molecule has 3 aliphatic rings. The number of rotatable bonds is 23. The highest BCUT2D eigenvalue weighted by Gasteiger charge is 2.33. The Kier molecular flexibility index (Phi) is 18.4. The van der Waals surface area contributed by atoms with Crippen LogP contribution in [0.2, 0.25) is 0 Å². The summed E-state index contributed by atoms with van der Waals surface area (Å²) in [7, 11) is 13.1. The predicted molar refractivity (Wildman–Crippen MR) is 300 cm³/mol. The predicted octanol–water partition coefficient (Wildman–Crippen LogP) is 9.65. The van der Waals surface area contributed by atoms with E-state index in [9.17, 15) is 19.2 Å². The van der Waals surface area contributed by atoms with E-state index >= 15 is 0 Å². The second kappa shape index (κ2) is 25.5. The van der Waals surface area contributed by atoms with Gasteiger partial charge in [-0.2, -0.15) is 9.13 Å². The Bertz CT molecular complexity index is 3130. The smallest absolute Gasteiger partial charge is 0.333 e. The Morgan fingerprint density at radius 3 is 1.43 bits per heavy atom. The van der Waals surface area contributed by atoms with E-state index in [2.05, 4.69) is 144 Å². The van der Waals surface area contributed by atoms with Crippen LogP contribution in [-0.2, 0) is 37.1 Å². The average Bonchev–Trinajstić information content (AvgIpc) is 4.03. The number of imide groups is 1. The van der Waals surface area contributed by atoms with Crippen LogP contribution < -0.4 is 28.4 Å². The van der Waals surface area contributed by atoms with Gasteiger partial charge in [0.15, 0.2) is 37.0 Å². The Morgan fingerprint density at radius 2 is 0.974 bits per heavy atom. The number of amides is 2. The largest absolute Gasteiger partial charge is 0.481 e. The number of para-hydroxylation sites is 6. The molecule has 0 aliphatic carbocycles. The minimum Gasteiger partial charge on any atom is -0.481 e. The number of benzene rings is 4. The van der Waals surface area contributed by atoms with E-state index in [1.165, 1.54) is 21.8 Å². The highest BCUT2D eigenvalue weighted by atomic mass is 16.7. The van der Waals surface area contributed by atoms with Crippen LogP contribution >= 0.6 is 0 Å². The van der Waals surface area contributed by atoms with Gasteiger partial charge >= 0.3 is 11.9 Å². The van der Waals surface area contributed by atoms with Crippen molar-refractivity contribution in [3.8, 4) is 11.5 Å². The van der Waals surface area contributed by atoms with Crippen molar-refractivity contribution in [2.75, 3.05) is 78.3 Å². The molecule has 15 nitrogen and oxygen atoms in total. The number of anilines is 2. The first-order valence-electron chi connectivity index (χ1n) is 27.3. The van der Waals surface area contributed by atoms with E-state index < -0.39 is 23.8 Å². The zero-order chi connectivity index (χ0) is 54.5. The fourth-order valence-corrected chi connectivity index (χ4v) is 10.4. The van der Waals surface area contributed by atoms with Gasteiger partial charge in [-0.1, -0.05) is 48.5 Å². The van der Waals surface area contributed by atoms with Crippen molar-refractivity contribution < 1.29 is 56.7 Å². The van der Waals surface area contributed by atoms with Crippen LogP contribution in [0.1, 0.15) is 88.2 Å². The van der Waals surface area contributed by atoms with Crippen molar-refractivity contribution in [3.63, 3.8) is 0 Å². The molecule has 1 saturated heterocycles. The SMILES string of the molecule is CN1/C(=C/c2cc[n+](CCC[N+](C)(C)CCCCCC(=O)O)c3ccccc23)Oc2ccccc21.CN1/C(=C/c2cc[n+](CCC[N+](C)(C)CCCCCC(=O)ON3C(=O)CCC3=O)c3ccccc23)Oc2ccccc21. The lowest BCUT2D eigenvalue weighted by Gasteiger charge is -2.29. The van der Waals surface area contributed by atoms with E-state index in [4.69, 9.17) is 19.4 Å². The quantitative estimate of drug-likeness (QED) is 0.0286. The van der Waals surface area contributed by atoms with E-state index in [1.54, 1.807) is 0 Å². The zero-order valence-electron chi connectivity index (χ0n) is 45.9. The number of carbonyl (C=O) groups excluding carboxylic acids is 3. The van der Waals surface area contributed by atoms with Crippen LogP contribution in [0, 0.1) is 0 Å². The first-order valence-corrected chi connectivity index (χ1v) is 27.3. The number of aliphatic carboxylic acids is 1. The molecule has 6 aromatic rings. The standard InChI is InChI=1S/C33H40N4O5.C29H36N3O3/c1-34-28-14-8-9-15-29(28)41-32(34)24-25-19-21-35(27-13-7-6-12-26(25)27)20-11-23-37(2,3)22-10-4-5-16-33(40)42-36-30(38)17-18-31(36)39;1-30-26-14-8-9-15-27(26)35-28(30)22-23-17-19-31(25-13-7-6-12-24(23)25)18-11-21-32(2,3)20-10-4-5-16-29(33)34/h6-9,12-15,19,21,24H,4-5,10-11,16-18,20,22-23H2,1-3H3;6-9,12-15,17,19,22H,4-5,10-11,16,18,20-21H2,1-3H3/q+2;+1/p+1. The van der Waals surface area contributed by atoms with Crippen LogP contribution in [0.3, 0.4) is 0 Å². The summed E-state index contributed by atoms with van der Waals surface area (Å²) >= 11 is 0. The van der Waals surface area contributed by atoms with Crippen molar-refractivity contribution in [2.24, 2.45) is 0 Å². The minimum atomic E-state index is -0.696. The normalized spacial score (nSPS) is 15.2. The summed E-state index contributed by atoms with van der Waals surface area (Å²) in [5.74, 6) is 1.30. The Labute approximate surface area is 453 Å². The van der Waals surface area contributed by atoms with Crippen molar-refractivity contribution in [3.05, 3.63) is 144 Å². The number of carbonyl (C=O) groups is 4. The third-order valence-corrected chi connectivity index (χ3v) is 14.8. The molecule has 1 fully saturated rings. The molecular formula is C62H77N7O8+4. The number of unbranched alkanes of at least 4 members (excludes halogenated alkanes) is 4. The molecule has 0 spiro atoms. The number of hydrogen-bond donors (Lipinski definition) is 1. The average molecular weight is 1050 g/mol. The van der Waals surface area contributed by atoms with Gasteiger partial charge in [0.2, 0.25) is 22.8 Å². The van der Waals surface area contributed by atoms with Crippen LogP contribution in [0.4, 0.5) is 11.4 Å². The van der Waals surface area contributed by atoms with Gasteiger partial charge in [-0.15, -0.1) is 5.06 Å². The van der Waals surface area contributed by atoms with E-state index in [1.807, 2.05) is 50.5 Å². The van der Waals surface area contributed by atoms with Gasteiger partial charge in [0.25, 0.3) is 11.8 Å². The number of nitrogens with zero attached hydrogens (tertiary/aromatic N) is 7. The van der Waals surface area contributed by atoms with Crippen LogP contribution in [-0.4, -0.2) is 111 Å². The van der Waals surface area contributed by atoms with Gasteiger partial charge in [-0.3, -0.25) is 14.4 Å². The number of hydrogen-bond acceptors (Lipinski definition) is 9. The fraction of sp³-hybridized carbons (Fsp3) is 0.387. The summed E-state index contributed by atoms with van der Waals surface area (Å²) in [6.45, 7) is 6.08. The minimum absolute atomic E-state index is 0.111. The lowest BCUT2D eigenvalue weighted by Crippen LogP contribution is -2.44. The first kappa shape index (κ1) is 55.6. The van der Waals surface area contributed by atoms with Gasteiger partial charge < -0.3 is 38.2 Å². The molecule has 0 atom stereocenters. The van der Waals surface area contributed by atoms with Gasteiger partial charge in [0.1, 0.15) is 0 Å². The maximum atomic E-state index is 12.0. The highest BCUT2D eigenvalue weighted by Crippen LogP contribution is 2.39. The molecule has 0 saturated carbocycles. The highest BCUT2D eigenvalue weighted by molar-refractivity contribution is 6.01. The molecule has 2 amide bonds. The van der Waals surface area contributed by atoms with Crippen LogP contribution in [0.15, 0.2) is 133 Å². The second-order valence-electron chi connectivity index (χ2n) is 21.7. The summed E-state index contributed by atoms with van der Waals surface area (Å²) in [5, 5.41) is 11.8. The number of ether oxygens (including phenoxy) is 2. The zero-order valence-corrected chi connectivity index (χ0v) is 45.9. The van der Waals surface area contributed by atoms with E-state index in [0.717, 1.165) is 139 Å². The molecule has 4 aromatic carbocycles. The molecule has 2 aromatic heterocycles. The summed E-state index contributed by atoms with van der Waals surface area (Å²) in [5.41, 5.74) is 6.82. The number of quaternary nitrogens is 2. The number of carboxylic acids is 1. The lowest BCUT2D eigenvalue weighted by atomic mass is 10.1. The topological polar surface area (TPSA) is 134 Å². The summed E-state index contributed by atoms with van der Waals surface area (Å²) < 4.78 is 18.8. The molecule has 77 heavy (non-hydrogen) atoms. The molecular weight excluding hydrogens is 971 g/mol. The molecule has 3 aliphatic heterocycles. The number of hydroxylamine groups is 2. The second-order valence-corrected chi connectivity index (χ2v) is 21.7. The molecule has 5 heterocycles. The van der Waals surface area contributed by atoms with Crippen LogP contribution in [0.5, 0.6) is 11.5 Å². The monoisotopic (exact) mass is 1050 g/mol. The van der Waals surface area contributed by atoms with Gasteiger partial charge in [0.05, 0.1) is 89.4 Å². The number of carboxylic acid groups (broad SMARTS) is 1. The number of aryl methyl sites for hydroxylation is 2.